The topological polar surface area (TPSA) is 77.0 Å². The normalized spacial score (nSPS) is 21.6. The molecule has 3 heterocycles. The maximum absolute atomic E-state index is 12.3. The summed E-state index contributed by atoms with van der Waals surface area (Å²) in [4.78, 5) is 25.2. The molecule has 2 aliphatic heterocycles. The van der Waals surface area contributed by atoms with Gasteiger partial charge in [0.2, 0.25) is 5.95 Å². The van der Waals surface area contributed by atoms with Crippen molar-refractivity contribution in [2.45, 2.75) is 84.2 Å². The molecule has 0 N–H and O–H groups in total. The Kier molecular flexibility index (Phi) is 6.08. The van der Waals surface area contributed by atoms with Crippen molar-refractivity contribution in [1.82, 2.24) is 14.9 Å². The molecular weight excluding hydrogens is 383 g/mol. The van der Waals surface area contributed by atoms with Crippen LogP contribution >= 0.6 is 0 Å². The number of rotatable bonds is 3. The molecule has 30 heavy (non-hydrogen) atoms. The molecule has 1 aromatic rings. The smallest absolute Gasteiger partial charge is 0.444 e. The Morgan fingerprint density at radius 3 is 2.10 bits per heavy atom. The van der Waals surface area contributed by atoms with Crippen LogP contribution in [0.2, 0.25) is 0 Å². The van der Waals surface area contributed by atoms with E-state index in [0.29, 0.717) is 19.0 Å². The second-order valence-corrected chi connectivity index (χ2v) is 10.2. The van der Waals surface area contributed by atoms with E-state index in [2.05, 4.69) is 14.9 Å². The number of ether oxygens (including phenoxy) is 1. The molecule has 0 aliphatic carbocycles. The first-order chi connectivity index (χ1) is 13.8. The number of anilines is 1. The number of likely N-dealkylation sites (tertiary alicyclic amines) is 1. The van der Waals surface area contributed by atoms with E-state index in [4.69, 9.17) is 14.0 Å². The van der Waals surface area contributed by atoms with Gasteiger partial charge in [-0.2, -0.15) is 0 Å². The predicted octanol–water partition coefficient (Wildman–Crippen LogP) is 2.61. The van der Waals surface area contributed by atoms with Gasteiger partial charge in [-0.1, -0.05) is 0 Å². The highest BCUT2D eigenvalue weighted by Crippen LogP contribution is 2.36. The Morgan fingerprint density at radius 1 is 1.13 bits per heavy atom. The minimum absolute atomic E-state index is 0.244. The second-order valence-electron chi connectivity index (χ2n) is 10.2. The highest BCUT2D eigenvalue weighted by molar-refractivity contribution is 6.61. The zero-order valence-electron chi connectivity index (χ0n) is 19.6. The monoisotopic (exact) mass is 418 g/mol. The van der Waals surface area contributed by atoms with Crippen LogP contribution in [0.15, 0.2) is 12.4 Å². The van der Waals surface area contributed by atoms with Crippen LogP contribution in [0.3, 0.4) is 0 Å². The van der Waals surface area contributed by atoms with Crippen molar-refractivity contribution in [3.63, 3.8) is 0 Å². The van der Waals surface area contributed by atoms with E-state index < -0.39 is 23.9 Å². The van der Waals surface area contributed by atoms with Crippen LogP contribution in [-0.2, 0) is 14.0 Å². The van der Waals surface area contributed by atoms with Crippen molar-refractivity contribution >= 4 is 24.6 Å². The van der Waals surface area contributed by atoms with E-state index in [9.17, 15) is 4.79 Å². The summed E-state index contributed by atoms with van der Waals surface area (Å²) in [5, 5.41) is 0. The summed E-state index contributed by atoms with van der Waals surface area (Å²) < 4.78 is 17.6. The molecule has 0 saturated carbocycles. The molecule has 3 rings (SSSR count). The molecule has 1 aromatic heterocycles. The number of nitrogens with zero attached hydrogens (tertiary/aromatic N) is 4. The van der Waals surface area contributed by atoms with Crippen LogP contribution in [0.4, 0.5) is 10.7 Å². The fraction of sp³-hybridized carbons (Fsp3) is 0.762. The molecule has 0 radical (unpaired) electrons. The van der Waals surface area contributed by atoms with Gasteiger partial charge < -0.3 is 23.8 Å². The fourth-order valence-electron chi connectivity index (χ4n) is 3.54. The number of aromatic nitrogens is 2. The number of carbonyl (C=O) groups excluding carboxylic acids is 1. The Morgan fingerprint density at radius 2 is 1.63 bits per heavy atom. The standard InChI is InChI=1S/C21H35BN4O4/c1-19(2,3)28-18(27)26-11-9-16(10-12-26)25(8)17-23-13-15(14-24-17)22-29-20(4,5)21(6,7)30-22/h13-14,16H,9-12H2,1-8H3. The summed E-state index contributed by atoms with van der Waals surface area (Å²) in [5.74, 6) is 0.658. The summed E-state index contributed by atoms with van der Waals surface area (Å²) in [6, 6.07) is 0.270. The van der Waals surface area contributed by atoms with E-state index in [1.807, 2.05) is 55.5 Å². The third-order valence-electron chi connectivity index (χ3n) is 6.16. The molecule has 8 nitrogen and oxygen atoms in total. The van der Waals surface area contributed by atoms with Gasteiger partial charge in [0.15, 0.2) is 0 Å². The molecule has 0 atom stereocenters. The highest BCUT2D eigenvalue weighted by atomic mass is 16.7. The number of hydrogen-bond donors (Lipinski definition) is 0. The fourth-order valence-corrected chi connectivity index (χ4v) is 3.54. The van der Waals surface area contributed by atoms with Gasteiger partial charge in [-0.3, -0.25) is 0 Å². The van der Waals surface area contributed by atoms with Crippen LogP contribution in [0.5, 0.6) is 0 Å². The lowest BCUT2D eigenvalue weighted by Gasteiger charge is -2.37. The molecule has 166 valence electrons. The van der Waals surface area contributed by atoms with E-state index in [1.54, 1.807) is 17.3 Å². The van der Waals surface area contributed by atoms with Gasteiger partial charge in [-0.15, -0.1) is 0 Å². The molecule has 0 bridgehead atoms. The van der Waals surface area contributed by atoms with E-state index in [1.165, 1.54) is 0 Å². The van der Waals surface area contributed by atoms with Gasteiger partial charge >= 0.3 is 13.2 Å². The van der Waals surface area contributed by atoms with Crippen LogP contribution in [0, 0.1) is 0 Å². The molecule has 9 heteroatoms. The Balaban J connectivity index is 1.57. The summed E-state index contributed by atoms with van der Waals surface area (Å²) in [7, 11) is 1.53. The van der Waals surface area contributed by atoms with Crippen LogP contribution in [0.1, 0.15) is 61.3 Å². The van der Waals surface area contributed by atoms with Crippen LogP contribution in [0.25, 0.3) is 0 Å². The SMILES string of the molecule is CN(c1ncc(B2OC(C)(C)C(C)(C)O2)cn1)C1CCN(C(=O)OC(C)(C)C)CC1. The van der Waals surface area contributed by atoms with Gasteiger partial charge in [0.1, 0.15) is 5.60 Å². The quantitative estimate of drug-likeness (QED) is 0.699. The lowest BCUT2D eigenvalue weighted by Crippen LogP contribution is -2.47. The van der Waals surface area contributed by atoms with Crippen molar-refractivity contribution in [2.24, 2.45) is 0 Å². The predicted molar refractivity (Wildman–Crippen MR) is 117 cm³/mol. The Bertz CT molecular complexity index is 739. The molecule has 2 aliphatic rings. The average molecular weight is 418 g/mol. The van der Waals surface area contributed by atoms with Gasteiger partial charge in [-0.05, 0) is 61.3 Å². The van der Waals surface area contributed by atoms with Crippen molar-refractivity contribution in [1.29, 1.82) is 0 Å². The van der Waals surface area contributed by atoms with Crippen molar-refractivity contribution < 1.29 is 18.8 Å². The summed E-state index contributed by atoms with van der Waals surface area (Å²) in [6.45, 7) is 15.1. The number of hydrogen-bond acceptors (Lipinski definition) is 7. The van der Waals surface area contributed by atoms with E-state index in [-0.39, 0.29) is 12.1 Å². The highest BCUT2D eigenvalue weighted by Gasteiger charge is 2.52. The lowest BCUT2D eigenvalue weighted by atomic mass is 9.81. The minimum Gasteiger partial charge on any atom is -0.444 e. The average Bonchev–Trinajstić information content (AvgIpc) is 2.87. The molecule has 2 fully saturated rings. The van der Waals surface area contributed by atoms with Crippen molar-refractivity contribution in [2.75, 3.05) is 25.0 Å². The number of piperidine rings is 1. The van der Waals surface area contributed by atoms with Gasteiger partial charge in [0, 0.05) is 44.0 Å². The van der Waals surface area contributed by atoms with Crippen molar-refractivity contribution in [3.8, 4) is 0 Å². The maximum Gasteiger partial charge on any atom is 0.498 e. The number of amides is 1. The second kappa shape index (κ2) is 8.00. The first-order valence-corrected chi connectivity index (χ1v) is 10.7. The van der Waals surface area contributed by atoms with Gasteiger partial charge in [-0.25, -0.2) is 14.8 Å². The Hall–Kier alpha value is -1.87. The third-order valence-corrected chi connectivity index (χ3v) is 6.16. The van der Waals surface area contributed by atoms with E-state index >= 15 is 0 Å². The maximum atomic E-state index is 12.3. The summed E-state index contributed by atoms with van der Waals surface area (Å²) >= 11 is 0. The molecule has 0 unspecified atom stereocenters. The van der Waals surface area contributed by atoms with Crippen molar-refractivity contribution in [3.05, 3.63) is 12.4 Å². The first-order valence-electron chi connectivity index (χ1n) is 10.7. The Labute approximate surface area is 180 Å². The zero-order valence-corrected chi connectivity index (χ0v) is 19.6. The first kappa shape index (κ1) is 22.8. The molecular formula is C21H35BN4O4. The van der Waals surface area contributed by atoms with Crippen LogP contribution < -0.4 is 10.4 Å². The molecule has 1 amide bonds. The van der Waals surface area contributed by atoms with E-state index in [0.717, 1.165) is 18.3 Å². The summed E-state index contributed by atoms with van der Waals surface area (Å²) in [5.41, 5.74) is -0.451. The molecule has 2 saturated heterocycles. The lowest BCUT2D eigenvalue weighted by molar-refractivity contribution is 0.00578. The number of carbonyl (C=O) groups is 1. The summed E-state index contributed by atoms with van der Waals surface area (Å²) in [6.07, 6.45) is 5.00. The third kappa shape index (κ3) is 4.89. The van der Waals surface area contributed by atoms with Gasteiger partial charge in [0.05, 0.1) is 11.2 Å². The largest absolute Gasteiger partial charge is 0.498 e. The van der Waals surface area contributed by atoms with Gasteiger partial charge in [0.25, 0.3) is 0 Å². The zero-order chi connectivity index (χ0) is 22.3. The van der Waals surface area contributed by atoms with Crippen LogP contribution in [-0.4, -0.2) is 71.1 Å². The minimum atomic E-state index is -0.475. The molecule has 0 spiro atoms. The molecule has 0 aromatic carbocycles.